The quantitative estimate of drug-likeness (QED) is 0.124. The minimum absolute atomic E-state index is 0.0319. The Morgan fingerprint density at radius 2 is 1.74 bits per heavy atom. The first-order chi connectivity index (χ1) is 18.4. The second-order valence-electron chi connectivity index (χ2n) is 11.2. The monoisotopic (exact) mass is 528 g/mol. The molecule has 2 fully saturated rings. The Morgan fingerprint density at radius 3 is 2.50 bits per heavy atom. The maximum absolute atomic E-state index is 13.1. The number of carbonyl (C=O) groups is 2. The van der Waals surface area contributed by atoms with Crippen LogP contribution >= 0.6 is 0 Å². The lowest BCUT2D eigenvalue weighted by atomic mass is 9.89. The van der Waals surface area contributed by atoms with Crippen molar-refractivity contribution in [3.63, 3.8) is 0 Å². The smallest absolute Gasteiger partial charge is 0.330 e. The summed E-state index contributed by atoms with van der Waals surface area (Å²) in [4.78, 5) is 25.1. The zero-order valence-electron chi connectivity index (χ0n) is 23.8. The minimum Gasteiger partial charge on any atom is -0.466 e. The Balaban J connectivity index is 1.81. The molecular weight excluding hydrogens is 480 g/mol. The van der Waals surface area contributed by atoms with E-state index in [0.29, 0.717) is 18.8 Å². The van der Waals surface area contributed by atoms with Crippen LogP contribution in [0.4, 0.5) is 0 Å². The largest absolute Gasteiger partial charge is 0.466 e. The average molecular weight is 529 g/mol. The van der Waals surface area contributed by atoms with Crippen molar-refractivity contribution in [3.05, 3.63) is 48.1 Å². The Kier molecular flexibility index (Phi) is 12.8. The van der Waals surface area contributed by atoms with Crippen molar-refractivity contribution in [3.8, 4) is 0 Å². The van der Waals surface area contributed by atoms with Gasteiger partial charge in [0.15, 0.2) is 0 Å². The summed E-state index contributed by atoms with van der Waals surface area (Å²) in [5.41, 5.74) is 0.956. The molecule has 1 unspecified atom stereocenters. The van der Waals surface area contributed by atoms with E-state index in [9.17, 15) is 9.59 Å². The molecule has 3 rings (SSSR count). The first kappa shape index (κ1) is 30.4. The Morgan fingerprint density at radius 1 is 1.00 bits per heavy atom. The van der Waals surface area contributed by atoms with Gasteiger partial charge in [-0.3, -0.25) is 4.79 Å². The molecule has 6 nitrogen and oxygen atoms in total. The molecule has 3 heterocycles. The second kappa shape index (κ2) is 16.0. The highest BCUT2D eigenvalue weighted by atomic mass is 16.6. The fourth-order valence-electron chi connectivity index (χ4n) is 5.61. The molecule has 7 atom stereocenters. The van der Waals surface area contributed by atoms with E-state index in [1.807, 2.05) is 18.2 Å². The van der Waals surface area contributed by atoms with Gasteiger partial charge in [-0.15, -0.1) is 0 Å². The van der Waals surface area contributed by atoms with Crippen LogP contribution in [0.15, 0.2) is 48.1 Å². The lowest BCUT2D eigenvalue weighted by molar-refractivity contribution is -0.154. The maximum atomic E-state index is 13.1. The molecule has 0 radical (unpaired) electrons. The number of hydrogen-bond acceptors (Lipinski definition) is 6. The molecule has 212 valence electrons. The fourth-order valence-corrected chi connectivity index (χ4v) is 5.61. The molecule has 0 aromatic heterocycles. The van der Waals surface area contributed by atoms with Crippen LogP contribution in [0.25, 0.3) is 0 Å². The minimum atomic E-state index is -0.370. The number of allylic oxidation sites excluding steroid dienone is 4. The summed E-state index contributed by atoms with van der Waals surface area (Å²) < 4.78 is 23.8. The molecule has 0 amide bonds. The van der Waals surface area contributed by atoms with Gasteiger partial charge in [0.1, 0.15) is 6.10 Å². The Labute approximate surface area is 229 Å². The lowest BCUT2D eigenvalue weighted by Gasteiger charge is -2.37. The predicted molar refractivity (Wildman–Crippen MR) is 150 cm³/mol. The third-order valence-electron chi connectivity index (χ3n) is 7.68. The summed E-state index contributed by atoms with van der Waals surface area (Å²) in [5.74, 6) is -0.255. The van der Waals surface area contributed by atoms with Gasteiger partial charge >= 0.3 is 11.9 Å². The number of ether oxygens (including phenoxy) is 4. The number of rotatable bonds is 6. The van der Waals surface area contributed by atoms with Gasteiger partial charge in [-0.2, -0.15) is 0 Å². The van der Waals surface area contributed by atoms with Crippen LogP contribution in [0.1, 0.15) is 91.4 Å². The van der Waals surface area contributed by atoms with Crippen molar-refractivity contribution in [2.24, 2.45) is 11.8 Å². The van der Waals surface area contributed by atoms with Crippen molar-refractivity contribution < 1.29 is 28.5 Å². The molecule has 0 spiro atoms. The molecule has 0 aromatic rings. The number of cyclic esters (lactones) is 1. The normalized spacial score (nSPS) is 35.3. The third-order valence-corrected chi connectivity index (χ3v) is 7.68. The van der Waals surface area contributed by atoms with Gasteiger partial charge in [0.2, 0.25) is 0 Å². The molecule has 0 aromatic carbocycles. The molecule has 3 aliphatic heterocycles. The van der Waals surface area contributed by atoms with Crippen LogP contribution in [0.5, 0.6) is 0 Å². The highest BCUT2D eigenvalue weighted by Gasteiger charge is 2.33. The number of unbranched alkanes of at least 4 members (excludes halogenated alkanes) is 2. The lowest BCUT2D eigenvalue weighted by Crippen LogP contribution is -2.37. The van der Waals surface area contributed by atoms with Crippen LogP contribution in [-0.4, -0.2) is 49.6 Å². The van der Waals surface area contributed by atoms with Gasteiger partial charge < -0.3 is 18.9 Å². The second-order valence-corrected chi connectivity index (χ2v) is 11.2. The van der Waals surface area contributed by atoms with Gasteiger partial charge in [-0.05, 0) is 56.9 Å². The average Bonchev–Trinajstić information content (AvgIpc) is 2.88. The standard InChI is InChI=1S/C32H48O6/c1-5-6-7-8-9-10-14-30-24(3)16-15-23(2)17-26-12-11-13-27(36-26)21-28-18-25(20-31(33)35-4)19-29(37-28)22-32(34)38-30/h8-10,14-16,20,23-24,26-30H,5-7,11-13,17-19,21-22H2,1-4H3/b9-8-,14-10+,16-15+,25-20-/t23-,24-,26+,27-,28?,29-,30-/m0/s1. The number of hydrogen-bond donors (Lipinski definition) is 0. The van der Waals surface area contributed by atoms with Gasteiger partial charge in [0, 0.05) is 18.4 Å². The van der Waals surface area contributed by atoms with Gasteiger partial charge in [-0.1, -0.05) is 69.6 Å². The van der Waals surface area contributed by atoms with Crippen molar-refractivity contribution in [2.75, 3.05) is 7.11 Å². The van der Waals surface area contributed by atoms with E-state index in [1.165, 1.54) is 20.0 Å². The number of methoxy groups -OCH3 is 1. The van der Waals surface area contributed by atoms with Gasteiger partial charge in [0.05, 0.1) is 37.9 Å². The number of fused-ring (bicyclic) bond motifs is 4. The summed E-state index contributed by atoms with van der Waals surface area (Å²) in [6, 6.07) is 0. The van der Waals surface area contributed by atoms with Crippen molar-refractivity contribution >= 4 is 11.9 Å². The zero-order valence-corrected chi connectivity index (χ0v) is 23.8. The SMILES string of the molecule is CCCC/C=C\C=C\[C@@H]1OC(=O)C[C@@H]2C/C(=C\C(=O)OC)CC(C[C@@H]3CCC[C@H](C[C@@H](C)/C=C/[C@@H]1C)O3)O2. The van der Waals surface area contributed by atoms with E-state index in [2.05, 4.69) is 39.0 Å². The number of esters is 2. The molecule has 4 bridgehead atoms. The topological polar surface area (TPSA) is 71.1 Å². The van der Waals surface area contributed by atoms with Crippen LogP contribution < -0.4 is 0 Å². The van der Waals surface area contributed by atoms with E-state index >= 15 is 0 Å². The molecule has 6 heteroatoms. The van der Waals surface area contributed by atoms with Crippen LogP contribution in [-0.2, 0) is 28.5 Å². The summed E-state index contributed by atoms with van der Waals surface area (Å²) in [6.45, 7) is 6.50. The van der Waals surface area contributed by atoms with Crippen LogP contribution in [0.3, 0.4) is 0 Å². The van der Waals surface area contributed by atoms with Gasteiger partial charge in [-0.25, -0.2) is 4.79 Å². The van der Waals surface area contributed by atoms with Crippen molar-refractivity contribution in [1.82, 2.24) is 0 Å². The summed E-state index contributed by atoms with van der Waals surface area (Å²) in [6.07, 6.45) is 23.4. The molecule has 3 aliphatic rings. The maximum Gasteiger partial charge on any atom is 0.330 e. The van der Waals surface area contributed by atoms with Gasteiger partial charge in [0.25, 0.3) is 0 Å². The van der Waals surface area contributed by atoms with Crippen molar-refractivity contribution in [1.29, 1.82) is 0 Å². The molecule has 0 N–H and O–H groups in total. The highest BCUT2D eigenvalue weighted by Crippen LogP contribution is 2.33. The van der Waals surface area contributed by atoms with Crippen LogP contribution in [0.2, 0.25) is 0 Å². The molecular formula is C32H48O6. The highest BCUT2D eigenvalue weighted by molar-refractivity contribution is 5.82. The van der Waals surface area contributed by atoms with E-state index in [1.54, 1.807) is 6.08 Å². The predicted octanol–water partition coefficient (Wildman–Crippen LogP) is 6.80. The summed E-state index contributed by atoms with van der Waals surface area (Å²) in [7, 11) is 1.38. The first-order valence-electron chi connectivity index (χ1n) is 14.7. The zero-order chi connectivity index (χ0) is 27.3. The molecule has 38 heavy (non-hydrogen) atoms. The molecule has 0 saturated carbocycles. The summed E-state index contributed by atoms with van der Waals surface area (Å²) >= 11 is 0. The number of carbonyl (C=O) groups excluding carboxylic acids is 2. The fraction of sp³-hybridized carbons (Fsp3) is 0.688. The Hall–Kier alpha value is -2.18. The summed E-state index contributed by atoms with van der Waals surface area (Å²) in [5, 5.41) is 0. The van der Waals surface area contributed by atoms with E-state index in [-0.39, 0.29) is 54.8 Å². The van der Waals surface area contributed by atoms with E-state index in [4.69, 9.17) is 18.9 Å². The van der Waals surface area contributed by atoms with E-state index in [0.717, 1.165) is 44.1 Å². The third kappa shape index (κ3) is 10.5. The molecule has 0 aliphatic carbocycles. The van der Waals surface area contributed by atoms with Crippen molar-refractivity contribution in [2.45, 2.75) is 122 Å². The molecule has 2 saturated heterocycles. The first-order valence-corrected chi connectivity index (χ1v) is 14.7. The van der Waals surface area contributed by atoms with E-state index < -0.39 is 0 Å². The van der Waals surface area contributed by atoms with Crippen LogP contribution in [0, 0.1) is 11.8 Å². The Bertz CT molecular complexity index is 871.